The fraction of sp³-hybridized carbons (Fsp3) is 0.188. The second kappa shape index (κ2) is 4.98. The van der Waals surface area contributed by atoms with Crippen LogP contribution in [0.3, 0.4) is 0 Å². The van der Waals surface area contributed by atoms with Crippen molar-refractivity contribution in [3.63, 3.8) is 0 Å². The van der Waals surface area contributed by atoms with E-state index in [9.17, 15) is 9.90 Å². The maximum Gasteiger partial charge on any atom is 0.262 e. The van der Waals surface area contributed by atoms with E-state index < -0.39 is 6.10 Å². The third kappa shape index (κ3) is 2.26. The van der Waals surface area contributed by atoms with E-state index in [-0.39, 0.29) is 12.5 Å². The van der Waals surface area contributed by atoms with E-state index in [0.29, 0.717) is 11.4 Å². The minimum atomic E-state index is -0.722. The van der Waals surface area contributed by atoms with Gasteiger partial charge in [0, 0.05) is 0 Å². The Morgan fingerprint density at radius 2 is 2.05 bits per heavy atom. The van der Waals surface area contributed by atoms with Gasteiger partial charge in [-0.2, -0.15) is 0 Å². The lowest BCUT2D eigenvalue weighted by molar-refractivity contribution is -0.118. The van der Waals surface area contributed by atoms with Gasteiger partial charge in [-0.3, -0.25) is 4.79 Å². The summed E-state index contributed by atoms with van der Waals surface area (Å²) in [6.07, 6.45) is -0.722. The van der Waals surface area contributed by atoms with Crippen molar-refractivity contribution < 1.29 is 14.6 Å². The van der Waals surface area contributed by atoms with Crippen molar-refractivity contribution in [2.45, 2.75) is 13.0 Å². The third-order valence-corrected chi connectivity index (χ3v) is 3.44. The van der Waals surface area contributed by atoms with Crippen molar-refractivity contribution in [1.29, 1.82) is 0 Å². The molecule has 3 rings (SSSR count). The van der Waals surface area contributed by atoms with Gasteiger partial charge in [0.1, 0.15) is 11.9 Å². The Labute approximate surface area is 117 Å². The second-order valence-electron chi connectivity index (χ2n) is 4.85. The van der Waals surface area contributed by atoms with Gasteiger partial charge in [0.05, 0.1) is 5.69 Å². The lowest BCUT2D eigenvalue weighted by atomic mass is 9.97. The van der Waals surface area contributed by atoms with Crippen LogP contribution in [0.1, 0.15) is 22.8 Å². The van der Waals surface area contributed by atoms with Gasteiger partial charge in [0.15, 0.2) is 6.61 Å². The lowest BCUT2D eigenvalue weighted by Crippen LogP contribution is -2.25. The first-order valence-electron chi connectivity index (χ1n) is 6.45. The molecule has 0 spiro atoms. The number of amides is 1. The summed E-state index contributed by atoms with van der Waals surface area (Å²) >= 11 is 0. The number of aliphatic hydroxyl groups is 1. The molecular formula is C16H15NO3. The van der Waals surface area contributed by atoms with Crippen molar-refractivity contribution in [3.8, 4) is 5.75 Å². The summed E-state index contributed by atoms with van der Waals surface area (Å²) in [5.74, 6) is 0.449. The Kier molecular flexibility index (Phi) is 3.16. The van der Waals surface area contributed by atoms with Gasteiger partial charge >= 0.3 is 0 Å². The number of aryl methyl sites for hydroxylation is 1. The molecule has 0 bridgehead atoms. The van der Waals surface area contributed by atoms with Crippen LogP contribution in [-0.4, -0.2) is 17.6 Å². The number of nitrogens with one attached hydrogen (secondary N) is 1. The topological polar surface area (TPSA) is 58.6 Å². The molecule has 102 valence electrons. The number of anilines is 1. The number of fused-ring (bicyclic) bond motifs is 1. The van der Waals surface area contributed by atoms with Gasteiger partial charge in [-0.15, -0.1) is 0 Å². The van der Waals surface area contributed by atoms with E-state index >= 15 is 0 Å². The number of aliphatic hydroxyl groups excluding tert-OH is 1. The number of carbonyl (C=O) groups is 1. The predicted molar refractivity (Wildman–Crippen MR) is 75.8 cm³/mol. The Morgan fingerprint density at radius 1 is 1.25 bits per heavy atom. The zero-order valence-electron chi connectivity index (χ0n) is 11.1. The van der Waals surface area contributed by atoms with Crippen molar-refractivity contribution in [2.24, 2.45) is 0 Å². The Morgan fingerprint density at radius 3 is 2.85 bits per heavy atom. The molecule has 4 nitrogen and oxygen atoms in total. The number of hydrogen-bond acceptors (Lipinski definition) is 3. The minimum absolute atomic E-state index is 0.0344. The van der Waals surface area contributed by atoms with Gasteiger partial charge in [0.25, 0.3) is 5.91 Å². The maximum absolute atomic E-state index is 11.3. The molecule has 1 aliphatic rings. The molecule has 0 saturated heterocycles. The first-order valence-corrected chi connectivity index (χ1v) is 6.45. The fourth-order valence-electron chi connectivity index (χ4n) is 2.34. The molecule has 1 heterocycles. The molecule has 0 fully saturated rings. The van der Waals surface area contributed by atoms with Crippen LogP contribution >= 0.6 is 0 Å². The van der Waals surface area contributed by atoms with Crippen LogP contribution in [0.15, 0.2) is 42.5 Å². The summed E-state index contributed by atoms with van der Waals surface area (Å²) in [6, 6.07) is 13.0. The standard InChI is InChI=1S/C16H15NO3/c1-10-4-2-3-5-12(10)16(19)11-6-7-14-13(8-11)17-15(18)9-20-14/h2-8,16,19H,9H2,1H3,(H,17,18). The van der Waals surface area contributed by atoms with Crippen LogP contribution in [0.2, 0.25) is 0 Å². The average molecular weight is 269 g/mol. The number of benzene rings is 2. The Balaban J connectivity index is 1.97. The van der Waals surface area contributed by atoms with Gasteiger partial charge in [-0.05, 0) is 35.7 Å². The van der Waals surface area contributed by atoms with Gasteiger partial charge in [-0.25, -0.2) is 0 Å². The molecule has 20 heavy (non-hydrogen) atoms. The van der Waals surface area contributed by atoms with Gasteiger partial charge < -0.3 is 15.2 Å². The van der Waals surface area contributed by atoms with E-state index in [2.05, 4.69) is 5.32 Å². The average Bonchev–Trinajstić information content (AvgIpc) is 2.46. The Bertz CT molecular complexity index is 667. The lowest BCUT2D eigenvalue weighted by Gasteiger charge is -2.20. The van der Waals surface area contributed by atoms with Crippen LogP contribution in [-0.2, 0) is 4.79 Å². The van der Waals surface area contributed by atoms with Crippen molar-refractivity contribution in [2.75, 3.05) is 11.9 Å². The van der Waals surface area contributed by atoms with Gasteiger partial charge in [-0.1, -0.05) is 30.3 Å². The summed E-state index contributed by atoms with van der Waals surface area (Å²) in [7, 11) is 0. The molecular weight excluding hydrogens is 254 g/mol. The van der Waals surface area contributed by atoms with Crippen LogP contribution in [0.5, 0.6) is 5.75 Å². The molecule has 0 radical (unpaired) electrons. The van der Waals surface area contributed by atoms with Crippen molar-refractivity contribution in [1.82, 2.24) is 0 Å². The Hall–Kier alpha value is -2.33. The zero-order chi connectivity index (χ0) is 14.1. The van der Waals surface area contributed by atoms with E-state index in [1.807, 2.05) is 37.3 Å². The highest BCUT2D eigenvalue weighted by molar-refractivity contribution is 5.95. The number of hydrogen-bond donors (Lipinski definition) is 2. The number of ether oxygens (including phenoxy) is 1. The molecule has 0 aliphatic carbocycles. The molecule has 2 N–H and O–H groups in total. The van der Waals surface area contributed by atoms with Crippen LogP contribution in [0, 0.1) is 6.92 Å². The first kappa shape index (κ1) is 12.7. The van der Waals surface area contributed by atoms with E-state index in [1.54, 1.807) is 12.1 Å². The molecule has 1 atom stereocenters. The van der Waals surface area contributed by atoms with Crippen LogP contribution in [0.25, 0.3) is 0 Å². The highest BCUT2D eigenvalue weighted by Crippen LogP contribution is 2.33. The maximum atomic E-state index is 11.3. The molecule has 2 aromatic rings. The summed E-state index contributed by atoms with van der Waals surface area (Å²) < 4.78 is 5.31. The highest BCUT2D eigenvalue weighted by Gasteiger charge is 2.19. The van der Waals surface area contributed by atoms with Crippen molar-refractivity contribution in [3.05, 3.63) is 59.2 Å². The van der Waals surface area contributed by atoms with Gasteiger partial charge in [0.2, 0.25) is 0 Å². The molecule has 2 aromatic carbocycles. The minimum Gasteiger partial charge on any atom is -0.482 e. The predicted octanol–water partition coefficient (Wildman–Crippen LogP) is 2.41. The largest absolute Gasteiger partial charge is 0.482 e. The molecule has 4 heteroatoms. The normalized spacial score (nSPS) is 15.0. The number of carbonyl (C=O) groups excluding carboxylic acids is 1. The smallest absolute Gasteiger partial charge is 0.262 e. The monoisotopic (exact) mass is 269 g/mol. The SMILES string of the molecule is Cc1ccccc1C(O)c1ccc2c(c1)NC(=O)CO2. The highest BCUT2D eigenvalue weighted by atomic mass is 16.5. The van der Waals surface area contributed by atoms with E-state index in [0.717, 1.165) is 16.7 Å². The van der Waals surface area contributed by atoms with Crippen LogP contribution in [0.4, 0.5) is 5.69 Å². The second-order valence-corrected chi connectivity index (χ2v) is 4.85. The van der Waals surface area contributed by atoms with Crippen LogP contribution < -0.4 is 10.1 Å². The quantitative estimate of drug-likeness (QED) is 0.880. The fourth-order valence-corrected chi connectivity index (χ4v) is 2.34. The van der Waals surface area contributed by atoms with E-state index in [4.69, 9.17) is 4.74 Å². The molecule has 0 saturated carbocycles. The summed E-state index contributed by atoms with van der Waals surface area (Å²) in [4.78, 5) is 11.3. The van der Waals surface area contributed by atoms with E-state index in [1.165, 1.54) is 0 Å². The first-order chi connectivity index (χ1) is 9.65. The summed E-state index contributed by atoms with van der Waals surface area (Å²) in [5, 5.41) is 13.2. The summed E-state index contributed by atoms with van der Waals surface area (Å²) in [5.41, 5.74) is 3.21. The third-order valence-electron chi connectivity index (χ3n) is 3.44. The molecule has 1 aliphatic heterocycles. The molecule has 1 unspecified atom stereocenters. The molecule has 0 aromatic heterocycles. The summed E-state index contributed by atoms with van der Waals surface area (Å²) in [6.45, 7) is 1.99. The number of rotatable bonds is 2. The zero-order valence-corrected chi connectivity index (χ0v) is 11.1. The molecule has 1 amide bonds. The van der Waals surface area contributed by atoms with Crippen molar-refractivity contribution >= 4 is 11.6 Å².